The number of ether oxygens (including phenoxy) is 2. The fourth-order valence-corrected chi connectivity index (χ4v) is 2.70. The molecule has 30 heavy (non-hydrogen) atoms. The molecule has 0 fully saturated rings. The predicted molar refractivity (Wildman–Crippen MR) is 112 cm³/mol. The molecule has 0 saturated carbocycles. The van der Waals surface area contributed by atoms with Crippen LogP contribution in [-0.4, -0.2) is 33.3 Å². The van der Waals surface area contributed by atoms with Gasteiger partial charge in [0, 0.05) is 18.8 Å². The molecule has 8 nitrogen and oxygen atoms in total. The molecule has 160 valence electrons. The molecule has 1 heterocycles. The van der Waals surface area contributed by atoms with Crippen molar-refractivity contribution >= 4 is 23.5 Å². The van der Waals surface area contributed by atoms with E-state index in [-0.39, 0.29) is 22.9 Å². The number of benzene rings is 1. The van der Waals surface area contributed by atoms with Crippen molar-refractivity contribution in [3.05, 3.63) is 73.5 Å². The Hall–Kier alpha value is -3.13. The Kier molecular flexibility index (Phi) is 7.04. The summed E-state index contributed by atoms with van der Waals surface area (Å²) in [6.07, 6.45) is 3.35. The summed E-state index contributed by atoms with van der Waals surface area (Å²) in [7, 11) is 1.53. The zero-order chi connectivity index (χ0) is 22.6. The van der Waals surface area contributed by atoms with Gasteiger partial charge in [0.2, 0.25) is 5.60 Å². The first-order chi connectivity index (χ1) is 14.0. The van der Waals surface area contributed by atoms with E-state index < -0.39 is 28.8 Å². The molecule has 1 aromatic carbocycles. The average molecular weight is 435 g/mol. The van der Waals surface area contributed by atoms with Crippen molar-refractivity contribution in [1.82, 2.24) is 9.13 Å². The van der Waals surface area contributed by atoms with Crippen LogP contribution in [0, 0.1) is 6.92 Å². The van der Waals surface area contributed by atoms with Gasteiger partial charge in [-0.1, -0.05) is 23.8 Å². The van der Waals surface area contributed by atoms with Gasteiger partial charge in [0.05, 0.1) is 16.3 Å². The molecule has 9 heteroatoms. The van der Waals surface area contributed by atoms with E-state index in [0.29, 0.717) is 5.69 Å². The Morgan fingerprint density at radius 3 is 2.50 bits per heavy atom. The number of aromatic nitrogens is 2. The maximum absolute atomic E-state index is 12.7. The number of rotatable bonds is 6. The Bertz CT molecular complexity index is 1130. The van der Waals surface area contributed by atoms with Gasteiger partial charge in [-0.2, -0.15) is 0 Å². The first-order valence-corrected chi connectivity index (χ1v) is 9.48. The van der Waals surface area contributed by atoms with Gasteiger partial charge in [0.25, 0.3) is 5.56 Å². The number of carbonyl (C=O) groups is 2. The normalized spacial score (nSPS) is 11.5. The van der Waals surface area contributed by atoms with E-state index in [2.05, 4.69) is 0 Å². The molecule has 0 radical (unpaired) electrons. The molecular weight excluding hydrogens is 412 g/mol. The van der Waals surface area contributed by atoms with Crippen LogP contribution in [0.15, 0.2) is 46.0 Å². The van der Waals surface area contributed by atoms with E-state index in [1.54, 1.807) is 26.0 Å². The lowest BCUT2D eigenvalue weighted by atomic mass is 10.1. The SMILES string of the molecule is C/C=C/COC(=O)C(C)(C)OC(=O)c1cc(-n2c(=O)cc(C)n(C)c2=O)ccc1Cl. The van der Waals surface area contributed by atoms with Crippen molar-refractivity contribution in [3.8, 4) is 5.69 Å². The molecule has 0 unspecified atom stereocenters. The van der Waals surface area contributed by atoms with Crippen LogP contribution in [0.3, 0.4) is 0 Å². The molecule has 0 atom stereocenters. The second kappa shape index (κ2) is 9.13. The molecular formula is C21H23ClN2O6. The van der Waals surface area contributed by atoms with Crippen LogP contribution in [0.2, 0.25) is 5.02 Å². The van der Waals surface area contributed by atoms with Gasteiger partial charge < -0.3 is 14.0 Å². The number of hydrogen-bond acceptors (Lipinski definition) is 6. The lowest BCUT2D eigenvalue weighted by Gasteiger charge is -2.23. The monoisotopic (exact) mass is 434 g/mol. The van der Waals surface area contributed by atoms with E-state index >= 15 is 0 Å². The van der Waals surface area contributed by atoms with Crippen molar-refractivity contribution in [3.63, 3.8) is 0 Å². The summed E-state index contributed by atoms with van der Waals surface area (Å²) < 4.78 is 12.6. The van der Waals surface area contributed by atoms with Crippen molar-refractivity contribution in [2.45, 2.75) is 33.3 Å². The molecule has 2 aromatic rings. The molecule has 0 aliphatic carbocycles. The molecule has 0 N–H and O–H groups in total. The lowest BCUT2D eigenvalue weighted by Crippen LogP contribution is -2.39. The van der Waals surface area contributed by atoms with Crippen LogP contribution in [0.4, 0.5) is 0 Å². The summed E-state index contributed by atoms with van der Waals surface area (Å²) in [5.41, 5.74) is -2.16. The Balaban J connectivity index is 2.40. The zero-order valence-corrected chi connectivity index (χ0v) is 18.1. The molecule has 2 rings (SSSR count). The average Bonchev–Trinajstić information content (AvgIpc) is 2.67. The summed E-state index contributed by atoms with van der Waals surface area (Å²) in [6.45, 7) is 6.24. The van der Waals surface area contributed by atoms with E-state index in [4.69, 9.17) is 21.1 Å². The van der Waals surface area contributed by atoms with E-state index in [9.17, 15) is 19.2 Å². The van der Waals surface area contributed by atoms with E-state index in [1.165, 1.54) is 49.7 Å². The maximum atomic E-state index is 12.7. The highest BCUT2D eigenvalue weighted by Gasteiger charge is 2.34. The Morgan fingerprint density at radius 1 is 1.20 bits per heavy atom. The summed E-state index contributed by atoms with van der Waals surface area (Å²) in [5, 5.41) is 0.0406. The van der Waals surface area contributed by atoms with Crippen LogP contribution in [0.5, 0.6) is 0 Å². The number of carbonyl (C=O) groups excluding carboxylic acids is 2. The fourth-order valence-electron chi connectivity index (χ4n) is 2.50. The Labute approximate surface area is 178 Å². The summed E-state index contributed by atoms with van der Waals surface area (Å²) >= 11 is 6.13. The number of aryl methyl sites for hydroxylation is 1. The zero-order valence-electron chi connectivity index (χ0n) is 17.4. The highest BCUT2D eigenvalue weighted by Crippen LogP contribution is 2.23. The third kappa shape index (κ3) is 4.88. The number of hydrogen-bond donors (Lipinski definition) is 0. The summed E-state index contributed by atoms with van der Waals surface area (Å²) in [6, 6.07) is 5.38. The van der Waals surface area contributed by atoms with Gasteiger partial charge in [0.1, 0.15) is 6.61 Å². The number of esters is 2. The van der Waals surface area contributed by atoms with Gasteiger partial charge in [-0.25, -0.2) is 19.0 Å². The minimum atomic E-state index is -1.57. The maximum Gasteiger partial charge on any atom is 0.350 e. The first-order valence-electron chi connectivity index (χ1n) is 9.11. The minimum Gasteiger partial charge on any atom is -0.459 e. The van der Waals surface area contributed by atoms with Crippen LogP contribution < -0.4 is 11.2 Å². The van der Waals surface area contributed by atoms with Gasteiger partial charge >= 0.3 is 17.6 Å². The Morgan fingerprint density at radius 2 is 1.87 bits per heavy atom. The van der Waals surface area contributed by atoms with Crippen molar-refractivity contribution in [1.29, 1.82) is 0 Å². The van der Waals surface area contributed by atoms with E-state index in [1.807, 2.05) is 0 Å². The third-order valence-electron chi connectivity index (χ3n) is 4.37. The molecule has 0 aliphatic heterocycles. The van der Waals surface area contributed by atoms with Gasteiger partial charge in [-0.3, -0.25) is 4.79 Å². The number of halogens is 1. The van der Waals surface area contributed by atoms with Crippen LogP contribution in [0.1, 0.15) is 36.8 Å². The van der Waals surface area contributed by atoms with Crippen LogP contribution in [0.25, 0.3) is 5.69 Å². The second-order valence-electron chi connectivity index (χ2n) is 7.03. The topological polar surface area (TPSA) is 96.6 Å². The first kappa shape index (κ1) is 23.2. The minimum absolute atomic E-state index is 0.0406. The van der Waals surface area contributed by atoms with Crippen LogP contribution in [-0.2, 0) is 21.3 Å². The summed E-state index contributed by atoms with van der Waals surface area (Å²) in [4.78, 5) is 49.8. The van der Waals surface area contributed by atoms with Gasteiger partial charge in [0.15, 0.2) is 0 Å². The van der Waals surface area contributed by atoms with Gasteiger partial charge in [-0.05, 0) is 45.9 Å². The van der Waals surface area contributed by atoms with E-state index in [0.717, 1.165) is 4.57 Å². The van der Waals surface area contributed by atoms with Gasteiger partial charge in [-0.15, -0.1) is 0 Å². The summed E-state index contributed by atoms with van der Waals surface area (Å²) in [5.74, 6) is -1.63. The fraction of sp³-hybridized carbons (Fsp3) is 0.333. The largest absolute Gasteiger partial charge is 0.459 e. The second-order valence-corrected chi connectivity index (χ2v) is 7.44. The molecule has 0 amide bonds. The van der Waals surface area contributed by atoms with Crippen LogP contribution >= 0.6 is 11.6 Å². The molecule has 0 bridgehead atoms. The lowest BCUT2D eigenvalue weighted by molar-refractivity contribution is -0.161. The number of nitrogens with zero attached hydrogens (tertiary/aromatic N) is 2. The van der Waals surface area contributed by atoms with Crippen molar-refractivity contribution < 1.29 is 19.1 Å². The molecule has 1 aromatic heterocycles. The smallest absolute Gasteiger partial charge is 0.350 e. The molecule has 0 saturated heterocycles. The molecule has 0 spiro atoms. The quantitative estimate of drug-likeness (QED) is 0.512. The predicted octanol–water partition coefficient (Wildman–Crippen LogP) is 2.55. The standard InChI is InChI=1S/C21H23ClN2O6/c1-6-7-10-29-19(27)21(3,4)30-18(26)15-12-14(8-9-16(15)22)24-17(25)11-13(2)23(5)20(24)28/h6-9,11-12H,10H2,1-5H3/b7-6+. The molecule has 0 aliphatic rings. The highest BCUT2D eigenvalue weighted by atomic mass is 35.5. The number of allylic oxidation sites excluding steroid dienone is 1. The third-order valence-corrected chi connectivity index (χ3v) is 4.70. The highest BCUT2D eigenvalue weighted by molar-refractivity contribution is 6.33. The van der Waals surface area contributed by atoms with Crippen molar-refractivity contribution in [2.75, 3.05) is 6.61 Å². The van der Waals surface area contributed by atoms with Crippen molar-refractivity contribution in [2.24, 2.45) is 7.05 Å².